The smallest absolute Gasteiger partial charge is 0.229 e. The molecule has 3 aromatic carbocycles. The average Bonchev–Trinajstić information content (AvgIpc) is 3.10. The van der Waals surface area contributed by atoms with E-state index in [1.54, 1.807) is 4.90 Å². The lowest BCUT2D eigenvalue weighted by molar-refractivity contribution is -0.122. The molecule has 1 aliphatic rings. The van der Waals surface area contributed by atoms with Crippen molar-refractivity contribution in [1.82, 2.24) is 0 Å². The molecule has 1 saturated heterocycles. The summed E-state index contributed by atoms with van der Waals surface area (Å²) in [5.41, 5.74) is 2.85. The molecule has 2 amide bonds. The fraction of sp³-hybridized carbons (Fsp3) is 0.217. The number of fused-ring (bicyclic) bond motifs is 1. The predicted octanol–water partition coefficient (Wildman–Crippen LogP) is 4.39. The molecule has 3 aromatic rings. The highest BCUT2D eigenvalue weighted by atomic mass is 16.2. The summed E-state index contributed by atoms with van der Waals surface area (Å²) < 4.78 is 0. The van der Waals surface area contributed by atoms with Gasteiger partial charge in [0, 0.05) is 24.3 Å². The van der Waals surface area contributed by atoms with Crippen LogP contribution in [0.3, 0.4) is 0 Å². The first-order valence-electron chi connectivity index (χ1n) is 9.33. The van der Waals surface area contributed by atoms with Gasteiger partial charge in [-0.05, 0) is 47.0 Å². The largest absolute Gasteiger partial charge is 0.326 e. The van der Waals surface area contributed by atoms with Crippen LogP contribution in [0.2, 0.25) is 0 Å². The van der Waals surface area contributed by atoms with E-state index < -0.39 is 0 Å². The molecule has 4 rings (SSSR count). The molecule has 0 aliphatic carbocycles. The Morgan fingerprint density at radius 1 is 1.04 bits per heavy atom. The zero-order chi connectivity index (χ0) is 18.8. The molecular formula is C23H22N2O2. The summed E-state index contributed by atoms with van der Waals surface area (Å²) in [4.78, 5) is 26.8. The fourth-order valence-corrected chi connectivity index (χ4v) is 3.56. The van der Waals surface area contributed by atoms with Gasteiger partial charge in [-0.25, -0.2) is 0 Å². The van der Waals surface area contributed by atoms with Crippen molar-refractivity contribution in [3.63, 3.8) is 0 Å². The summed E-state index contributed by atoms with van der Waals surface area (Å²) >= 11 is 0. The molecule has 0 radical (unpaired) electrons. The van der Waals surface area contributed by atoms with Gasteiger partial charge in [0.15, 0.2) is 0 Å². The van der Waals surface area contributed by atoms with Crippen molar-refractivity contribution in [2.45, 2.75) is 19.8 Å². The molecule has 0 spiro atoms. The first-order chi connectivity index (χ1) is 13.1. The van der Waals surface area contributed by atoms with E-state index in [4.69, 9.17) is 0 Å². The van der Waals surface area contributed by atoms with Gasteiger partial charge >= 0.3 is 0 Å². The highest BCUT2D eigenvalue weighted by molar-refractivity contribution is 6.04. The van der Waals surface area contributed by atoms with E-state index in [9.17, 15) is 9.59 Å². The van der Waals surface area contributed by atoms with Crippen LogP contribution in [0.4, 0.5) is 11.4 Å². The van der Waals surface area contributed by atoms with Crippen LogP contribution in [-0.4, -0.2) is 18.4 Å². The summed E-state index contributed by atoms with van der Waals surface area (Å²) in [6, 6.07) is 21.9. The maximum Gasteiger partial charge on any atom is 0.229 e. The number of hydrogen-bond acceptors (Lipinski definition) is 2. The Morgan fingerprint density at radius 3 is 2.52 bits per heavy atom. The number of carbonyl (C=O) groups excluding carboxylic acids is 2. The van der Waals surface area contributed by atoms with Gasteiger partial charge in [-0.15, -0.1) is 0 Å². The number of anilines is 2. The molecule has 1 fully saturated rings. The minimum atomic E-state index is -0.338. The van der Waals surface area contributed by atoms with Crippen LogP contribution in [0.5, 0.6) is 0 Å². The van der Waals surface area contributed by atoms with E-state index in [2.05, 4.69) is 12.2 Å². The maximum absolute atomic E-state index is 12.7. The third-order valence-corrected chi connectivity index (χ3v) is 5.17. The van der Waals surface area contributed by atoms with Crippen LogP contribution in [-0.2, 0) is 16.0 Å². The molecule has 4 heteroatoms. The van der Waals surface area contributed by atoms with Crippen molar-refractivity contribution >= 4 is 34.0 Å². The van der Waals surface area contributed by atoms with Crippen LogP contribution in [0.1, 0.15) is 18.9 Å². The Bertz CT molecular complexity index is 995. The normalized spacial score (nSPS) is 16.7. The van der Waals surface area contributed by atoms with Gasteiger partial charge < -0.3 is 10.2 Å². The second kappa shape index (κ2) is 7.23. The van der Waals surface area contributed by atoms with E-state index in [1.807, 2.05) is 66.7 Å². The maximum atomic E-state index is 12.7. The number of benzene rings is 3. The molecule has 4 nitrogen and oxygen atoms in total. The average molecular weight is 358 g/mol. The Labute approximate surface area is 158 Å². The Morgan fingerprint density at radius 2 is 1.78 bits per heavy atom. The number of nitrogens with one attached hydrogen (secondary N) is 1. The van der Waals surface area contributed by atoms with Gasteiger partial charge in [-0.1, -0.05) is 49.4 Å². The third kappa shape index (κ3) is 3.56. The van der Waals surface area contributed by atoms with Crippen LogP contribution < -0.4 is 10.2 Å². The molecule has 136 valence electrons. The van der Waals surface area contributed by atoms with E-state index in [1.165, 1.54) is 5.56 Å². The van der Waals surface area contributed by atoms with Crippen molar-refractivity contribution in [3.05, 3.63) is 72.3 Å². The number of aryl methyl sites for hydroxylation is 1. The molecule has 1 N–H and O–H groups in total. The van der Waals surface area contributed by atoms with Crippen molar-refractivity contribution in [1.29, 1.82) is 0 Å². The second-order valence-electron chi connectivity index (χ2n) is 6.98. The monoisotopic (exact) mass is 358 g/mol. The van der Waals surface area contributed by atoms with Crippen molar-refractivity contribution in [3.8, 4) is 0 Å². The second-order valence-corrected chi connectivity index (χ2v) is 6.98. The number of rotatable bonds is 4. The zero-order valence-electron chi connectivity index (χ0n) is 15.3. The number of carbonyl (C=O) groups is 2. The number of hydrogen-bond donors (Lipinski definition) is 1. The Balaban J connectivity index is 1.46. The summed E-state index contributed by atoms with van der Waals surface area (Å²) in [7, 11) is 0. The van der Waals surface area contributed by atoms with E-state index >= 15 is 0 Å². The molecule has 1 unspecified atom stereocenters. The molecule has 27 heavy (non-hydrogen) atoms. The standard InChI is InChI=1S/C23H22N2O2/c1-2-16-7-11-21(12-8-16)25-15-19(14-22(25)26)23(27)24-20-10-9-17-5-3-4-6-18(17)13-20/h3-13,19H,2,14-15H2,1H3,(H,24,27). The molecule has 1 heterocycles. The molecule has 0 bridgehead atoms. The van der Waals surface area contributed by atoms with Crippen LogP contribution >= 0.6 is 0 Å². The fourth-order valence-electron chi connectivity index (χ4n) is 3.56. The molecular weight excluding hydrogens is 336 g/mol. The number of amides is 2. The SMILES string of the molecule is CCc1ccc(N2CC(C(=O)Nc3ccc4ccccc4c3)CC2=O)cc1. The first kappa shape index (κ1) is 17.3. The van der Waals surface area contributed by atoms with E-state index in [0.717, 1.165) is 28.6 Å². The summed E-state index contributed by atoms with van der Waals surface area (Å²) in [6.45, 7) is 2.52. The Kier molecular flexibility index (Phi) is 4.63. The molecule has 0 saturated carbocycles. The van der Waals surface area contributed by atoms with Gasteiger partial charge in [0.1, 0.15) is 0 Å². The van der Waals surface area contributed by atoms with Gasteiger partial charge in [0.05, 0.1) is 5.92 Å². The van der Waals surface area contributed by atoms with E-state index in [0.29, 0.717) is 6.54 Å². The predicted molar refractivity (Wildman–Crippen MR) is 109 cm³/mol. The summed E-state index contributed by atoms with van der Waals surface area (Å²) in [5, 5.41) is 5.18. The third-order valence-electron chi connectivity index (χ3n) is 5.17. The highest BCUT2D eigenvalue weighted by Gasteiger charge is 2.35. The highest BCUT2D eigenvalue weighted by Crippen LogP contribution is 2.27. The van der Waals surface area contributed by atoms with Crippen molar-refractivity contribution in [2.75, 3.05) is 16.8 Å². The van der Waals surface area contributed by atoms with Crippen molar-refractivity contribution < 1.29 is 9.59 Å². The van der Waals surface area contributed by atoms with E-state index in [-0.39, 0.29) is 24.2 Å². The topological polar surface area (TPSA) is 49.4 Å². The minimum absolute atomic E-state index is 0.00194. The number of nitrogens with zero attached hydrogens (tertiary/aromatic N) is 1. The van der Waals surface area contributed by atoms with Gasteiger partial charge in [-0.3, -0.25) is 9.59 Å². The lowest BCUT2D eigenvalue weighted by Crippen LogP contribution is -2.28. The summed E-state index contributed by atoms with van der Waals surface area (Å²) in [6.07, 6.45) is 1.21. The van der Waals surface area contributed by atoms with Gasteiger partial charge in [0.25, 0.3) is 0 Å². The molecule has 1 atom stereocenters. The Hall–Kier alpha value is -3.14. The summed E-state index contributed by atoms with van der Waals surface area (Å²) in [5.74, 6) is -0.445. The van der Waals surface area contributed by atoms with Crippen LogP contribution in [0.25, 0.3) is 10.8 Å². The lowest BCUT2D eigenvalue weighted by atomic mass is 10.1. The van der Waals surface area contributed by atoms with Gasteiger partial charge in [-0.2, -0.15) is 0 Å². The van der Waals surface area contributed by atoms with Crippen molar-refractivity contribution in [2.24, 2.45) is 5.92 Å². The van der Waals surface area contributed by atoms with Crippen LogP contribution in [0, 0.1) is 5.92 Å². The molecule has 1 aliphatic heterocycles. The lowest BCUT2D eigenvalue weighted by Gasteiger charge is -2.17. The van der Waals surface area contributed by atoms with Crippen LogP contribution in [0.15, 0.2) is 66.7 Å². The minimum Gasteiger partial charge on any atom is -0.326 e. The zero-order valence-corrected chi connectivity index (χ0v) is 15.3. The van der Waals surface area contributed by atoms with Gasteiger partial charge in [0.2, 0.25) is 11.8 Å². The quantitative estimate of drug-likeness (QED) is 0.752. The first-order valence-corrected chi connectivity index (χ1v) is 9.33. The molecule has 0 aromatic heterocycles.